The average molecular weight is 497 g/mol. The minimum atomic E-state index is -0.600. The summed E-state index contributed by atoms with van der Waals surface area (Å²) in [4.78, 5) is 27.4. The van der Waals surface area contributed by atoms with Gasteiger partial charge in [-0.1, -0.05) is 60.7 Å². The number of fused-ring (bicyclic) bond motifs is 1. The van der Waals surface area contributed by atoms with E-state index in [-0.39, 0.29) is 24.5 Å². The number of halogens is 1. The number of rotatable bonds is 9. The zero-order chi connectivity index (χ0) is 23.1. The molecule has 0 bridgehead atoms. The van der Waals surface area contributed by atoms with Crippen LogP contribution in [0, 0.1) is 0 Å². The maximum Gasteiger partial charge on any atom is 0.261 e. The van der Waals surface area contributed by atoms with E-state index in [1.807, 2.05) is 80.6 Å². The van der Waals surface area contributed by atoms with Gasteiger partial charge >= 0.3 is 0 Å². The van der Waals surface area contributed by atoms with Crippen LogP contribution in [-0.2, 0) is 16.0 Å². The van der Waals surface area contributed by atoms with E-state index >= 15 is 0 Å². The average Bonchev–Trinajstić information content (AvgIpc) is 2.79. The fourth-order valence-corrected chi connectivity index (χ4v) is 4.13. The molecule has 0 aliphatic rings. The Morgan fingerprint density at radius 3 is 2.38 bits per heavy atom. The zero-order valence-corrected chi connectivity index (χ0v) is 20.3. The smallest absolute Gasteiger partial charge is 0.261 e. The molecule has 0 radical (unpaired) electrons. The van der Waals surface area contributed by atoms with Crippen molar-refractivity contribution in [3.05, 3.63) is 76.8 Å². The summed E-state index contributed by atoms with van der Waals surface area (Å²) in [6, 6.07) is 21.1. The van der Waals surface area contributed by atoms with E-state index in [1.165, 1.54) is 0 Å². The molecule has 3 rings (SSSR count). The monoisotopic (exact) mass is 496 g/mol. The number of nitrogens with one attached hydrogen (secondary N) is 1. The van der Waals surface area contributed by atoms with Crippen LogP contribution in [0.3, 0.4) is 0 Å². The lowest BCUT2D eigenvalue weighted by Crippen LogP contribution is -2.51. The highest BCUT2D eigenvalue weighted by molar-refractivity contribution is 9.10. The molecule has 5 nitrogen and oxygen atoms in total. The third-order valence-electron chi connectivity index (χ3n) is 5.26. The van der Waals surface area contributed by atoms with Crippen molar-refractivity contribution in [2.45, 2.75) is 39.3 Å². The van der Waals surface area contributed by atoms with Gasteiger partial charge in [-0.05, 0) is 65.5 Å². The summed E-state index contributed by atoms with van der Waals surface area (Å²) in [6.45, 7) is 5.84. The predicted octanol–water partition coefficient (Wildman–Crippen LogP) is 4.97. The minimum Gasteiger partial charge on any atom is -0.483 e. The van der Waals surface area contributed by atoms with Crippen molar-refractivity contribution in [2.24, 2.45) is 0 Å². The second-order valence-electron chi connectivity index (χ2n) is 8.05. The first kappa shape index (κ1) is 23.8. The molecule has 2 amide bonds. The van der Waals surface area contributed by atoms with Crippen molar-refractivity contribution < 1.29 is 14.3 Å². The zero-order valence-electron chi connectivity index (χ0n) is 18.7. The third kappa shape index (κ3) is 6.10. The van der Waals surface area contributed by atoms with Crippen molar-refractivity contribution in [3.63, 3.8) is 0 Å². The summed E-state index contributed by atoms with van der Waals surface area (Å²) in [5.41, 5.74) is 1.11. The summed E-state index contributed by atoms with van der Waals surface area (Å²) in [5.74, 6) is 0.194. The van der Waals surface area contributed by atoms with Crippen LogP contribution in [0.2, 0.25) is 0 Å². The van der Waals surface area contributed by atoms with Crippen LogP contribution in [0.4, 0.5) is 0 Å². The topological polar surface area (TPSA) is 58.6 Å². The summed E-state index contributed by atoms with van der Waals surface area (Å²) < 4.78 is 6.69. The molecule has 0 fully saturated rings. The van der Waals surface area contributed by atoms with Crippen molar-refractivity contribution in [2.75, 3.05) is 13.2 Å². The highest BCUT2D eigenvalue weighted by Crippen LogP contribution is 2.33. The van der Waals surface area contributed by atoms with E-state index in [0.717, 1.165) is 20.8 Å². The minimum absolute atomic E-state index is 0.000769. The SMILES string of the molecule is CC(C)NC(=O)[C@@H](C)N(CCc1ccccc1)C(=O)COc1ccc2ccccc2c1Br. The summed E-state index contributed by atoms with van der Waals surface area (Å²) in [6.07, 6.45) is 0.658. The number of carbonyl (C=O) groups is 2. The predicted molar refractivity (Wildman–Crippen MR) is 132 cm³/mol. The molecule has 1 atom stereocenters. The molecule has 0 aliphatic heterocycles. The molecule has 1 N–H and O–H groups in total. The Labute approximate surface area is 197 Å². The Hall–Kier alpha value is -2.86. The van der Waals surface area contributed by atoms with Gasteiger partial charge in [0.2, 0.25) is 5.91 Å². The lowest BCUT2D eigenvalue weighted by molar-refractivity contribution is -0.141. The highest BCUT2D eigenvalue weighted by atomic mass is 79.9. The van der Waals surface area contributed by atoms with E-state index < -0.39 is 6.04 Å². The molecule has 6 heteroatoms. The van der Waals surface area contributed by atoms with Gasteiger partial charge in [0.1, 0.15) is 11.8 Å². The molecule has 0 saturated heterocycles. The number of benzene rings is 3. The van der Waals surface area contributed by atoms with Gasteiger partial charge in [-0.2, -0.15) is 0 Å². The van der Waals surface area contributed by atoms with Crippen molar-refractivity contribution >= 4 is 38.5 Å². The molecule has 3 aromatic carbocycles. The van der Waals surface area contributed by atoms with Crippen LogP contribution < -0.4 is 10.1 Å². The molecule has 0 heterocycles. The van der Waals surface area contributed by atoms with Gasteiger partial charge in [-0.15, -0.1) is 0 Å². The van der Waals surface area contributed by atoms with Crippen LogP contribution in [0.5, 0.6) is 5.75 Å². The Morgan fingerprint density at radius 2 is 1.66 bits per heavy atom. The van der Waals surface area contributed by atoms with Gasteiger partial charge in [0.05, 0.1) is 4.47 Å². The molecular formula is C26H29BrN2O3. The molecule has 32 heavy (non-hydrogen) atoms. The van der Waals surface area contributed by atoms with Gasteiger partial charge < -0.3 is 15.0 Å². The molecule has 3 aromatic rings. The van der Waals surface area contributed by atoms with Crippen LogP contribution in [0.15, 0.2) is 71.2 Å². The van der Waals surface area contributed by atoms with Crippen LogP contribution in [0.1, 0.15) is 26.3 Å². The van der Waals surface area contributed by atoms with E-state index in [4.69, 9.17) is 4.74 Å². The van der Waals surface area contributed by atoms with Gasteiger partial charge in [0.25, 0.3) is 5.91 Å². The van der Waals surface area contributed by atoms with Crippen molar-refractivity contribution in [1.82, 2.24) is 10.2 Å². The van der Waals surface area contributed by atoms with Gasteiger partial charge in [0, 0.05) is 12.6 Å². The maximum atomic E-state index is 13.2. The number of hydrogen-bond donors (Lipinski definition) is 1. The summed E-state index contributed by atoms with van der Waals surface area (Å²) >= 11 is 3.60. The molecule has 0 aliphatic carbocycles. The standard InChI is InChI=1S/C26H29BrN2O3/c1-18(2)28-26(31)19(3)29(16-15-20-9-5-4-6-10-20)24(30)17-32-23-14-13-21-11-7-8-12-22(21)25(23)27/h4-14,18-19H,15-17H2,1-3H3,(H,28,31)/t19-/m1/s1. The summed E-state index contributed by atoms with van der Waals surface area (Å²) in [7, 11) is 0. The van der Waals surface area contributed by atoms with E-state index in [9.17, 15) is 9.59 Å². The second kappa shape index (κ2) is 11.1. The molecule has 0 unspecified atom stereocenters. The maximum absolute atomic E-state index is 13.2. The van der Waals surface area contributed by atoms with Crippen molar-refractivity contribution in [3.8, 4) is 5.75 Å². The quantitative estimate of drug-likeness (QED) is 0.455. The molecule has 168 valence electrons. The normalized spacial score (nSPS) is 11.9. The number of nitrogens with zero attached hydrogens (tertiary/aromatic N) is 1. The number of ether oxygens (including phenoxy) is 1. The third-order valence-corrected chi connectivity index (χ3v) is 6.08. The molecular weight excluding hydrogens is 468 g/mol. The lowest BCUT2D eigenvalue weighted by atomic mass is 10.1. The molecule has 0 saturated carbocycles. The number of hydrogen-bond acceptors (Lipinski definition) is 3. The second-order valence-corrected chi connectivity index (χ2v) is 8.84. The first-order valence-electron chi connectivity index (χ1n) is 10.8. The van der Waals surface area contributed by atoms with Gasteiger partial charge in [0.15, 0.2) is 6.61 Å². The lowest BCUT2D eigenvalue weighted by Gasteiger charge is -2.29. The largest absolute Gasteiger partial charge is 0.483 e. The van der Waals surface area contributed by atoms with Crippen molar-refractivity contribution in [1.29, 1.82) is 0 Å². The Bertz CT molecular complexity index is 1070. The Balaban J connectivity index is 1.73. The van der Waals surface area contributed by atoms with E-state index in [1.54, 1.807) is 11.8 Å². The highest BCUT2D eigenvalue weighted by Gasteiger charge is 2.26. The number of amides is 2. The van der Waals surface area contributed by atoms with E-state index in [2.05, 4.69) is 21.2 Å². The van der Waals surface area contributed by atoms with Gasteiger partial charge in [-0.3, -0.25) is 9.59 Å². The van der Waals surface area contributed by atoms with Gasteiger partial charge in [-0.25, -0.2) is 0 Å². The fraction of sp³-hybridized carbons (Fsp3) is 0.308. The first-order chi connectivity index (χ1) is 15.4. The van der Waals surface area contributed by atoms with Crippen LogP contribution in [0.25, 0.3) is 10.8 Å². The Morgan fingerprint density at radius 1 is 0.969 bits per heavy atom. The fourth-order valence-electron chi connectivity index (χ4n) is 3.52. The van der Waals surface area contributed by atoms with Crippen LogP contribution in [-0.4, -0.2) is 41.9 Å². The molecule has 0 spiro atoms. The molecule has 0 aromatic heterocycles. The van der Waals surface area contributed by atoms with E-state index in [0.29, 0.717) is 18.7 Å². The number of carbonyl (C=O) groups excluding carboxylic acids is 2. The summed E-state index contributed by atoms with van der Waals surface area (Å²) in [5, 5.41) is 5.00. The Kier molecular flexibility index (Phi) is 8.28. The first-order valence-corrected chi connectivity index (χ1v) is 11.6. The van der Waals surface area contributed by atoms with Crippen LogP contribution >= 0.6 is 15.9 Å².